The molecule has 0 aliphatic carbocycles. The molecule has 9 heteroatoms. The molecule has 1 aromatic heterocycles. The van der Waals surface area contributed by atoms with Gasteiger partial charge in [0.1, 0.15) is 17.4 Å². The van der Waals surface area contributed by atoms with Crippen LogP contribution in [0.15, 0.2) is 101 Å². The number of ether oxygens (including phenoxy) is 1. The highest BCUT2D eigenvalue weighted by Crippen LogP contribution is 2.33. The number of hydrogen-bond acceptors (Lipinski definition) is 5. The van der Waals surface area contributed by atoms with E-state index >= 15 is 0 Å². The lowest BCUT2D eigenvalue weighted by molar-refractivity contribution is -0.114. The summed E-state index contributed by atoms with van der Waals surface area (Å²) in [6, 6.07) is 25.0. The second kappa shape index (κ2) is 9.72. The third-order valence-electron chi connectivity index (χ3n) is 6.02. The molecule has 2 aliphatic rings. The monoisotopic (exact) mass is 525 g/mol. The van der Waals surface area contributed by atoms with E-state index in [2.05, 4.69) is 14.7 Å². The van der Waals surface area contributed by atoms with Gasteiger partial charge in [-0.05, 0) is 42.1 Å². The molecule has 0 atom stereocenters. The molecule has 7 nitrogen and oxygen atoms in total. The number of amidine groups is 2. The molecule has 0 unspecified atom stereocenters. The van der Waals surface area contributed by atoms with Gasteiger partial charge in [0.05, 0.1) is 17.1 Å². The average Bonchev–Trinajstić information content (AvgIpc) is 3.49. The lowest BCUT2D eigenvalue weighted by Crippen LogP contribution is -2.35. The Balaban J connectivity index is 1.30. The number of carbonyl (C=O) groups excluding carboxylic acids is 1. The van der Waals surface area contributed by atoms with Crippen molar-refractivity contribution in [3.63, 3.8) is 0 Å². The Morgan fingerprint density at radius 2 is 1.76 bits per heavy atom. The predicted octanol–water partition coefficient (Wildman–Crippen LogP) is 6.04. The Morgan fingerprint density at radius 1 is 1.00 bits per heavy atom. The van der Waals surface area contributed by atoms with Crippen LogP contribution >= 0.6 is 23.4 Å². The summed E-state index contributed by atoms with van der Waals surface area (Å²) in [6.45, 7) is 1.12. The van der Waals surface area contributed by atoms with Gasteiger partial charge in [0, 0.05) is 28.2 Å². The van der Waals surface area contributed by atoms with Crippen molar-refractivity contribution in [2.24, 2.45) is 10.1 Å². The van der Waals surface area contributed by atoms with E-state index < -0.39 is 5.91 Å². The first-order valence-corrected chi connectivity index (χ1v) is 12.8. The summed E-state index contributed by atoms with van der Waals surface area (Å²) in [7, 11) is 0. The predicted molar refractivity (Wildman–Crippen MR) is 149 cm³/mol. The first kappa shape index (κ1) is 23.3. The van der Waals surface area contributed by atoms with Gasteiger partial charge in [-0.15, -0.1) is 0 Å². The molecule has 0 saturated heterocycles. The maximum Gasteiger partial charge on any atom is 0.283 e. The molecular formula is C28H20ClN5O2S. The number of halogens is 1. The number of rotatable bonds is 6. The number of nitrogens with one attached hydrogen (secondary N) is 1. The fourth-order valence-corrected chi connectivity index (χ4v) is 5.46. The number of nitrogens with zero attached hydrogens (tertiary/aromatic N) is 4. The van der Waals surface area contributed by atoms with Crippen LogP contribution in [0.4, 0.5) is 0 Å². The zero-order chi connectivity index (χ0) is 25.4. The van der Waals surface area contributed by atoms with Crippen molar-refractivity contribution in [1.82, 2.24) is 9.58 Å². The van der Waals surface area contributed by atoms with Gasteiger partial charge in [-0.1, -0.05) is 66.2 Å². The molecule has 3 heterocycles. The summed E-state index contributed by atoms with van der Waals surface area (Å²) in [5.74, 6) is 0.328. The van der Waals surface area contributed by atoms with Crippen LogP contribution in [0.25, 0.3) is 17.0 Å². The number of aromatic nitrogens is 1. The minimum absolute atomic E-state index is 0.0196. The van der Waals surface area contributed by atoms with Crippen molar-refractivity contribution in [3.8, 4) is 5.75 Å². The van der Waals surface area contributed by atoms with Crippen LogP contribution in [-0.2, 0) is 11.3 Å². The van der Waals surface area contributed by atoms with Gasteiger partial charge in [0.25, 0.3) is 5.91 Å². The van der Waals surface area contributed by atoms with E-state index in [0.29, 0.717) is 28.4 Å². The second-order valence-corrected chi connectivity index (χ2v) is 9.72. The number of thioether (sulfide) groups is 1. The van der Waals surface area contributed by atoms with Crippen LogP contribution in [0.2, 0.25) is 5.02 Å². The van der Waals surface area contributed by atoms with E-state index in [4.69, 9.17) is 21.7 Å². The Hall–Kier alpha value is -4.14. The Morgan fingerprint density at radius 3 is 2.59 bits per heavy atom. The molecule has 0 fully saturated rings. The zero-order valence-corrected chi connectivity index (χ0v) is 21.0. The minimum Gasteiger partial charge on any atom is -0.492 e. The van der Waals surface area contributed by atoms with E-state index in [9.17, 15) is 4.79 Å². The highest BCUT2D eigenvalue weighted by atomic mass is 35.5. The standard InChI is InChI=1S/C28H20ClN5O2S/c29-23-12-6-4-11-21(23)27-32-34-25(30)22(26(35)31-28(34)37-27)16-18-17-33(24-13-7-5-10-20(18)24)14-15-36-19-8-2-1-3-9-19/h1-13,16-17,30H,14-15H2. The van der Waals surface area contributed by atoms with Crippen molar-refractivity contribution in [2.75, 3.05) is 6.61 Å². The van der Waals surface area contributed by atoms with Crippen LogP contribution < -0.4 is 4.74 Å². The maximum absolute atomic E-state index is 13.0. The van der Waals surface area contributed by atoms with Gasteiger partial charge in [0.2, 0.25) is 5.17 Å². The van der Waals surface area contributed by atoms with Crippen LogP contribution in [0.3, 0.4) is 0 Å². The molecule has 37 heavy (non-hydrogen) atoms. The van der Waals surface area contributed by atoms with Crippen LogP contribution in [0.1, 0.15) is 11.1 Å². The van der Waals surface area contributed by atoms with E-state index in [1.807, 2.05) is 79.0 Å². The largest absolute Gasteiger partial charge is 0.492 e. The number of fused-ring (bicyclic) bond motifs is 2. The topological polar surface area (TPSA) is 83.0 Å². The first-order chi connectivity index (χ1) is 18.1. The van der Waals surface area contributed by atoms with Crippen LogP contribution in [-0.4, -0.2) is 38.1 Å². The highest BCUT2D eigenvalue weighted by Gasteiger charge is 2.36. The van der Waals surface area contributed by atoms with Gasteiger partial charge in [-0.25, -0.2) is 0 Å². The molecule has 182 valence electrons. The lowest BCUT2D eigenvalue weighted by atomic mass is 10.1. The fraction of sp³-hybridized carbons (Fsp3) is 0.0714. The summed E-state index contributed by atoms with van der Waals surface area (Å²) in [5.41, 5.74) is 2.75. The number of carbonyl (C=O) groups is 1. The third-order valence-corrected chi connectivity index (χ3v) is 7.29. The highest BCUT2D eigenvalue weighted by molar-refractivity contribution is 8.27. The summed E-state index contributed by atoms with van der Waals surface area (Å²) in [6.07, 6.45) is 3.69. The molecule has 0 spiro atoms. The smallest absolute Gasteiger partial charge is 0.283 e. The zero-order valence-electron chi connectivity index (χ0n) is 19.5. The van der Waals surface area contributed by atoms with Crippen molar-refractivity contribution < 1.29 is 9.53 Å². The first-order valence-electron chi connectivity index (χ1n) is 11.6. The van der Waals surface area contributed by atoms with Gasteiger partial charge in [-0.2, -0.15) is 15.1 Å². The molecule has 0 saturated carbocycles. The maximum atomic E-state index is 13.0. The molecule has 0 radical (unpaired) electrons. The van der Waals surface area contributed by atoms with Crippen molar-refractivity contribution in [3.05, 3.63) is 107 Å². The van der Waals surface area contributed by atoms with Crippen molar-refractivity contribution in [1.29, 1.82) is 5.41 Å². The second-order valence-electron chi connectivity index (χ2n) is 8.36. The quantitative estimate of drug-likeness (QED) is 0.311. The van der Waals surface area contributed by atoms with E-state index in [1.165, 1.54) is 16.8 Å². The molecule has 4 aromatic rings. The summed E-state index contributed by atoms with van der Waals surface area (Å²) < 4.78 is 7.97. The van der Waals surface area contributed by atoms with E-state index in [0.717, 1.165) is 27.8 Å². The van der Waals surface area contributed by atoms with E-state index in [-0.39, 0.29) is 11.4 Å². The number of para-hydroxylation sites is 2. The Kier molecular flexibility index (Phi) is 6.12. The van der Waals surface area contributed by atoms with Gasteiger partial charge in [-0.3, -0.25) is 10.2 Å². The SMILES string of the molecule is N=C1C(=Cc2cn(CCOc3ccccc3)c3ccccc23)C(=O)N=C2SC(c3ccccc3Cl)=NN12. The minimum atomic E-state index is -0.469. The number of amides is 1. The third kappa shape index (κ3) is 4.45. The fourth-order valence-electron chi connectivity index (χ4n) is 4.24. The van der Waals surface area contributed by atoms with E-state index in [1.54, 1.807) is 12.1 Å². The summed E-state index contributed by atoms with van der Waals surface area (Å²) in [5, 5.41) is 17.2. The normalized spacial score (nSPS) is 16.2. The van der Waals surface area contributed by atoms with Crippen LogP contribution in [0, 0.1) is 5.41 Å². The Labute approximate surface area is 222 Å². The number of hydrazone groups is 1. The summed E-state index contributed by atoms with van der Waals surface area (Å²) >= 11 is 7.56. The molecule has 6 rings (SSSR count). The molecule has 0 bridgehead atoms. The van der Waals surface area contributed by atoms with Crippen molar-refractivity contribution >= 4 is 62.3 Å². The number of aliphatic imine (C=N–C) groups is 1. The number of benzene rings is 3. The summed E-state index contributed by atoms with van der Waals surface area (Å²) in [4.78, 5) is 17.2. The number of hydrogen-bond donors (Lipinski definition) is 1. The van der Waals surface area contributed by atoms with Crippen LogP contribution in [0.5, 0.6) is 5.75 Å². The molecule has 2 aliphatic heterocycles. The molecule has 3 aromatic carbocycles. The van der Waals surface area contributed by atoms with Gasteiger partial charge >= 0.3 is 0 Å². The van der Waals surface area contributed by atoms with Gasteiger partial charge < -0.3 is 9.30 Å². The molecule has 1 N–H and O–H groups in total. The lowest BCUT2D eigenvalue weighted by Gasteiger charge is -2.20. The molecular weight excluding hydrogens is 506 g/mol. The Bertz CT molecular complexity index is 1640. The van der Waals surface area contributed by atoms with Gasteiger partial charge in [0.15, 0.2) is 5.84 Å². The average molecular weight is 526 g/mol. The van der Waals surface area contributed by atoms with Crippen molar-refractivity contribution in [2.45, 2.75) is 6.54 Å². The molecule has 1 amide bonds.